The van der Waals surface area contributed by atoms with E-state index in [1.165, 1.54) is 28.2 Å². The van der Waals surface area contributed by atoms with Crippen molar-refractivity contribution in [3.05, 3.63) is 83.9 Å². The van der Waals surface area contributed by atoms with Crippen LogP contribution in [0.3, 0.4) is 0 Å². The molecule has 0 amide bonds. The lowest BCUT2D eigenvalue weighted by Gasteiger charge is -2.06. The highest BCUT2D eigenvalue weighted by atomic mass is 32.2. The third-order valence-electron chi connectivity index (χ3n) is 5.02. The van der Waals surface area contributed by atoms with Gasteiger partial charge in [-0.3, -0.25) is 0 Å². The standard InChI is InChI=1S/C14H16O2.C12H12O2S/c1-3-11-4-5-13-9-14(16-10-15-2)7-6-12(13)8-11;1-9-3-4-11-8-12(15(2,13)14)6-5-10(11)7-9/h4-9H,3,10H2,1-2H3;3-8H,1-2H3. The second-order valence-corrected chi connectivity index (χ2v) is 9.55. The van der Waals surface area contributed by atoms with E-state index in [1.54, 1.807) is 19.2 Å². The fourth-order valence-corrected chi connectivity index (χ4v) is 3.94. The van der Waals surface area contributed by atoms with Gasteiger partial charge in [-0.15, -0.1) is 0 Å². The molecule has 0 heterocycles. The number of sulfone groups is 1. The molecule has 0 bridgehead atoms. The Morgan fingerprint density at radius 3 is 2.10 bits per heavy atom. The van der Waals surface area contributed by atoms with Crippen LogP contribution in [0.25, 0.3) is 21.5 Å². The van der Waals surface area contributed by atoms with Crippen LogP contribution in [0.2, 0.25) is 0 Å². The first-order valence-corrected chi connectivity index (χ1v) is 12.0. The first kappa shape index (κ1) is 22.8. The van der Waals surface area contributed by atoms with E-state index in [0.717, 1.165) is 22.9 Å². The van der Waals surface area contributed by atoms with E-state index in [4.69, 9.17) is 9.47 Å². The Morgan fingerprint density at radius 2 is 1.39 bits per heavy atom. The molecule has 0 aromatic heterocycles. The Balaban J connectivity index is 0.000000176. The van der Waals surface area contributed by atoms with Gasteiger partial charge in [-0.1, -0.05) is 61.0 Å². The fourth-order valence-electron chi connectivity index (χ4n) is 3.28. The highest BCUT2D eigenvalue weighted by molar-refractivity contribution is 7.90. The molecule has 31 heavy (non-hydrogen) atoms. The van der Waals surface area contributed by atoms with Gasteiger partial charge in [0.15, 0.2) is 16.6 Å². The van der Waals surface area contributed by atoms with Crippen LogP contribution < -0.4 is 4.74 Å². The first-order valence-electron chi connectivity index (χ1n) is 10.1. The van der Waals surface area contributed by atoms with Gasteiger partial charge in [0.2, 0.25) is 0 Å². The zero-order valence-corrected chi connectivity index (χ0v) is 19.2. The van der Waals surface area contributed by atoms with Crippen LogP contribution in [-0.4, -0.2) is 28.6 Å². The summed E-state index contributed by atoms with van der Waals surface area (Å²) >= 11 is 0. The van der Waals surface area contributed by atoms with Crippen molar-refractivity contribution in [2.45, 2.75) is 25.2 Å². The smallest absolute Gasteiger partial charge is 0.188 e. The highest BCUT2D eigenvalue weighted by Crippen LogP contribution is 2.22. The summed E-state index contributed by atoms with van der Waals surface area (Å²) in [6.45, 7) is 4.47. The minimum Gasteiger partial charge on any atom is -0.468 e. The summed E-state index contributed by atoms with van der Waals surface area (Å²) in [5.74, 6) is 0.846. The average molecular weight is 437 g/mol. The first-order chi connectivity index (χ1) is 14.8. The Labute approximate surface area is 184 Å². The van der Waals surface area contributed by atoms with E-state index in [9.17, 15) is 8.42 Å². The Bertz CT molecular complexity index is 1290. The molecule has 0 N–H and O–H groups in total. The zero-order chi connectivity index (χ0) is 22.4. The summed E-state index contributed by atoms with van der Waals surface area (Å²) in [6, 6.07) is 23.8. The summed E-state index contributed by atoms with van der Waals surface area (Å²) in [7, 11) is -1.48. The van der Waals surface area contributed by atoms with Crippen LogP contribution in [0.4, 0.5) is 0 Å². The molecule has 0 atom stereocenters. The van der Waals surface area contributed by atoms with Crippen LogP contribution in [-0.2, 0) is 21.0 Å². The Kier molecular flexibility index (Phi) is 7.31. The highest BCUT2D eigenvalue weighted by Gasteiger charge is 2.07. The molecular formula is C26H28O4S. The van der Waals surface area contributed by atoms with Crippen LogP contribution >= 0.6 is 0 Å². The van der Waals surface area contributed by atoms with Gasteiger partial charge in [-0.25, -0.2) is 8.42 Å². The average Bonchev–Trinajstić information content (AvgIpc) is 2.76. The number of methoxy groups -OCH3 is 1. The lowest BCUT2D eigenvalue weighted by atomic mass is 10.1. The number of fused-ring (bicyclic) bond motifs is 2. The molecule has 162 valence electrons. The number of hydrogen-bond acceptors (Lipinski definition) is 4. The van der Waals surface area contributed by atoms with Crippen LogP contribution in [0, 0.1) is 6.92 Å². The van der Waals surface area contributed by atoms with E-state index < -0.39 is 9.84 Å². The predicted molar refractivity (Wildman–Crippen MR) is 128 cm³/mol. The van der Waals surface area contributed by atoms with E-state index in [0.29, 0.717) is 11.7 Å². The molecule has 0 saturated heterocycles. The van der Waals surface area contributed by atoms with Crippen molar-refractivity contribution in [2.75, 3.05) is 20.2 Å². The molecule has 0 unspecified atom stereocenters. The molecule has 4 aromatic rings. The molecule has 0 saturated carbocycles. The van der Waals surface area contributed by atoms with E-state index >= 15 is 0 Å². The summed E-state index contributed by atoms with van der Waals surface area (Å²) < 4.78 is 33.0. The maximum absolute atomic E-state index is 11.3. The lowest BCUT2D eigenvalue weighted by molar-refractivity contribution is 0.0512. The molecular weight excluding hydrogens is 408 g/mol. The molecule has 0 radical (unpaired) electrons. The maximum atomic E-state index is 11.3. The number of ether oxygens (including phenoxy) is 2. The Hall–Kier alpha value is -2.89. The lowest BCUT2D eigenvalue weighted by Crippen LogP contribution is -1.98. The second-order valence-electron chi connectivity index (χ2n) is 7.53. The van der Waals surface area contributed by atoms with Crippen molar-refractivity contribution >= 4 is 31.4 Å². The molecule has 0 aliphatic carbocycles. The normalized spacial score (nSPS) is 11.2. The molecule has 0 fully saturated rings. The van der Waals surface area contributed by atoms with Gasteiger partial charge in [0.25, 0.3) is 0 Å². The summed E-state index contributed by atoms with van der Waals surface area (Å²) in [5, 5.41) is 4.49. The van der Waals surface area contributed by atoms with Gasteiger partial charge in [0.1, 0.15) is 5.75 Å². The molecule has 4 rings (SSSR count). The van der Waals surface area contributed by atoms with Gasteiger partial charge in [0.05, 0.1) is 4.90 Å². The molecule has 5 heteroatoms. The van der Waals surface area contributed by atoms with Gasteiger partial charge in [0, 0.05) is 13.4 Å². The van der Waals surface area contributed by atoms with Crippen LogP contribution in [0.15, 0.2) is 77.7 Å². The van der Waals surface area contributed by atoms with Crippen molar-refractivity contribution in [3.8, 4) is 5.75 Å². The van der Waals surface area contributed by atoms with E-state index in [1.807, 2.05) is 43.3 Å². The Morgan fingerprint density at radius 1 is 0.774 bits per heavy atom. The van der Waals surface area contributed by atoms with Crippen molar-refractivity contribution in [1.82, 2.24) is 0 Å². The van der Waals surface area contributed by atoms with Crippen LogP contribution in [0.5, 0.6) is 5.75 Å². The topological polar surface area (TPSA) is 52.6 Å². The van der Waals surface area contributed by atoms with Gasteiger partial charge < -0.3 is 9.47 Å². The molecule has 0 spiro atoms. The zero-order valence-electron chi connectivity index (χ0n) is 18.4. The quantitative estimate of drug-likeness (QED) is 0.364. The summed E-state index contributed by atoms with van der Waals surface area (Å²) in [4.78, 5) is 0.374. The minimum atomic E-state index is -3.10. The summed E-state index contributed by atoms with van der Waals surface area (Å²) in [5.41, 5.74) is 2.53. The van der Waals surface area contributed by atoms with E-state index in [2.05, 4.69) is 31.2 Å². The predicted octanol–water partition coefficient (Wildman–Crippen LogP) is 5.94. The van der Waals surface area contributed by atoms with Crippen LogP contribution in [0.1, 0.15) is 18.1 Å². The number of aryl methyl sites for hydroxylation is 2. The fraction of sp³-hybridized carbons (Fsp3) is 0.231. The van der Waals surface area contributed by atoms with Crippen molar-refractivity contribution in [3.63, 3.8) is 0 Å². The third kappa shape index (κ3) is 6.06. The number of hydrogen-bond donors (Lipinski definition) is 0. The van der Waals surface area contributed by atoms with Crippen molar-refractivity contribution in [1.29, 1.82) is 0 Å². The number of benzene rings is 4. The van der Waals surface area contributed by atoms with Crippen molar-refractivity contribution in [2.24, 2.45) is 0 Å². The molecule has 0 aliphatic heterocycles. The summed E-state index contributed by atoms with van der Waals surface area (Å²) in [6.07, 6.45) is 2.29. The van der Waals surface area contributed by atoms with Crippen molar-refractivity contribution < 1.29 is 17.9 Å². The monoisotopic (exact) mass is 436 g/mol. The van der Waals surface area contributed by atoms with Gasteiger partial charge in [-0.05, 0) is 64.7 Å². The second kappa shape index (κ2) is 9.94. The minimum absolute atomic E-state index is 0.290. The van der Waals surface area contributed by atoms with Gasteiger partial charge in [-0.2, -0.15) is 0 Å². The third-order valence-corrected chi connectivity index (χ3v) is 6.13. The molecule has 0 aliphatic rings. The number of rotatable bonds is 5. The SMILES string of the molecule is CCc1ccc2cc(OCOC)ccc2c1.Cc1ccc2cc(S(C)(=O)=O)ccc2c1. The molecule has 4 aromatic carbocycles. The van der Waals surface area contributed by atoms with Gasteiger partial charge >= 0.3 is 0 Å². The van der Waals surface area contributed by atoms with E-state index in [-0.39, 0.29) is 0 Å². The maximum Gasteiger partial charge on any atom is 0.188 e. The molecule has 4 nitrogen and oxygen atoms in total. The largest absolute Gasteiger partial charge is 0.468 e.